The molecule has 0 aliphatic carbocycles. The minimum atomic E-state index is 0. The van der Waals surface area contributed by atoms with Gasteiger partial charge >= 0.3 is 0 Å². The second-order valence-electron chi connectivity index (χ2n) is 3.47. The molecular weight excluding hydrogens is 219 g/mol. The summed E-state index contributed by atoms with van der Waals surface area (Å²) in [5.41, 5.74) is 0. The van der Waals surface area contributed by atoms with Crippen LogP contribution in [0.5, 0.6) is 0 Å². The van der Waals surface area contributed by atoms with E-state index in [0.29, 0.717) is 12.1 Å². The molecule has 0 aliphatic rings. The van der Waals surface area contributed by atoms with Gasteiger partial charge in [-0.15, -0.1) is 24.8 Å². The van der Waals surface area contributed by atoms with E-state index in [1.54, 1.807) is 0 Å². The van der Waals surface area contributed by atoms with Gasteiger partial charge in [-0.3, -0.25) is 0 Å². The van der Waals surface area contributed by atoms with Crippen LogP contribution in [0.3, 0.4) is 0 Å². The van der Waals surface area contributed by atoms with Crippen LogP contribution in [-0.4, -0.2) is 26.2 Å². The molecule has 0 aromatic carbocycles. The van der Waals surface area contributed by atoms with Gasteiger partial charge in [0.25, 0.3) is 0 Å². The third kappa shape index (κ3) is 9.07. The fraction of sp³-hybridized carbons (Fsp3) is 1.00. The number of unbranched alkanes of at least 4 members (excludes halogenated alkanes) is 2. The van der Waals surface area contributed by atoms with Crippen molar-refractivity contribution in [3.05, 3.63) is 0 Å². The fourth-order valence-corrected chi connectivity index (χ4v) is 1.46. The molecule has 0 fully saturated rings. The molecule has 14 heavy (non-hydrogen) atoms. The van der Waals surface area contributed by atoms with Gasteiger partial charge in [-0.1, -0.05) is 26.2 Å². The molecule has 0 amide bonds. The fourth-order valence-electron chi connectivity index (χ4n) is 1.46. The van der Waals surface area contributed by atoms with Crippen LogP contribution in [0.1, 0.15) is 39.5 Å². The summed E-state index contributed by atoms with van der Waals surface area (Å²) in [5.74, 6) is 0. The molecule has 90 valence electrons. The summed E-state index contributed by atoms with van der Waals surface area (Å²) in [7, 11) is 4.07. The summed E-state index contributed by atoms with van der Waals surface area (Å²) in [6.45, 7) is 4.48. The van der Waals surface area contributed by atoms with E-state index in [1.807, 2.05) is 14.1 Å². The van der Waals surface area contributed by atoms with E-state index < -0.39 is 0 Å². The van der Waals surface area contributed by atoms with Gasteiger partial charge in [0.2, 0.25) is 0 Å². The minimum Gasteiger partial charge on any atom is -0.316 e. The lowest BCUT2D eigenvalue weighted by molar-refractivity contribution is 0.396. The first-order valence-electron chi connectivity index (χ1n) is 5.10. The maximum Gasteiger partial charge on any atom is 0.0215 e. The van der Waals surface area contributed by atoms with Crippen LogP contribution in [-0.2, 0) is 0 Å². The van der Waals surface area contributed by atoms with Crippen molar-refractivity contribution in [2.45, 2.75) is 51.6 Å². The van der Waals surface area contributed by atoms with Gasteiger partial charge in [-0.2, -0.15) is 0 Å². The van der Waals surface area contributed by atoms with Crippen molar-refractivity contribution in [2.75, 3.05) is 14.1 Å². The van der Waals surface area contributed by atoms with E-state index in [1.165, 1.54) is 25.7 Å². The van der Waals surface area contributed by atoms with Crippen molar-refractivity contribution in [1.29, 1.82) is 0 Å². The largest absolute Gasteiger partial charge is 0.316 e. The molecular formula is C10H26Cl2N2. The SMILES string of the molecule is CCCCCC(NC)C(C)NC.Cl.Cl. The Morgan fingerprint density at radius 2 is 1.57 bits per heavy atom. The topological polar surface area (TPSA) is 24.1 Å². The smallest absolute Gasteiger partial charge is 0.0215 e. The quantitative estimate of drug-likeness (QED) is 0.674. The molecule has 0 aromatic heterocycles. The Balaban J connectivity index is -0.000000605. The van der Waals surface area contributed by atoms with Gasteiger partial charge < -0.3 is 10.6 Å². The number of nitrogens with one attached hydrogen (secondary N) is 2. The first-order valence-corrected chi connectivity index (χ1v) is 5.10. The van der Waals surface area contributed by atoms with Gasteiger partial charge in [0, 0.05) is 12.1 Å². The summed E-state index contributed by atoms with van der Waals surface area (Å²) in [6.07, 6.45) is 5.29. The zero-order valence-corrected chi connectivity index (χ0v) is 11.4. The molecule has 4 heteroatoms. The van der Waals surface area contributed by atoms with Gasteiger partial charge in [0.1, 0.15) is 0 Å². The highest BCUT2D eigenvalue weighted by molar-refractivity contribution is 5.85. The minimum absolute atomic E-state index is 0. The molecule has 0 bridgehead atoms. The second-order valence-corrected chi connectivity index (χ2v) is 3.47. The molecule has 2 nitrogen and oxygen atoms in total. The van der Waals surface area contributed by atoms with Crippen molar-refractivity contribution in [3.63, 3.8) is 0 Å². The Morgan fingerprint density at radius 1 is 1.00 bits per heavy atom. The third-order valence-electron chi connectivity index (χ3n) is 2.55. The molecule has 2 atom stereocenters. The zero-order valence-electron chi connectivity index (χ0n) is 9.80. The Hall–Kier alpha value is 0.500. The van der Waals surface area contributed by atoms with Crippen molar-refractivity contribution < 1.29 is 0 Å². The van der Waals surface area contributed by atoms with Gasteiger partial charge in [0.05, 0.1) is 0 Å². The Kier molecular flexibility index (Phi) is 19.3. The van der Waals surface area contributed by atoms with Crippen LogP contribution in [0, 0.1) is 0 Å². The van der Waals surface area contributed by atoms with Crippen LogP contribution in [0.4, 0.5) is 0 Å². The highest BCUT2D eigenvalue weighted by atomic mass is 35.5. The molecule has 0 saturated heterocycles. The highest BCUT2D eigenvalue weighted by Gasteiger charge is 2.11. The van der Waals surface area contributed by atoms with E-state index in [0.717, 1.165) is 0 Å². The van der Waals surface area contributed by atoms with E-state index in [-0.39, 0.29) is 24.8 Å². The predicted octanol–water partition coefficient (Wildman–Crippen LogP) is 2.61. The number of hydrogen-bond acceptors (Lipinski definition) is 2. The maximum atomic E-state index is 3.35. The van der Waals surface area contributed by atoms with E-state index in [9.17, 15) is 0 Å². The molecule has 0 aromatic rings. The van der Waals surface area contributed by atoms with Crippen LogP contribution in [0.2, 0.25) is 0 Å². The van der Waals surface area contributed by atoms with Gasteiger partial charge in [0.15, 0.2) is 0 Å². The number of halogens is 2. The third-order valence-corrected chi connectivity index (χ3v) is 2.55. The van der Waals surface area contributed by atoms with Crippen LogP contribution < -0.4 is 10.6 Å². The number of likely N-dealkylation sites (N-methyl/N-ethyl adjacent to an activating group) is 2. The molecule has 0 saturated carbocycles. The molecule has 0 rings (SSSR count). The van der Waals surface area contributed by atoms with Gasteiger partial charge in [-0.25, -0.2) is 0 Å². The normalized spacial score (nSPS) is 13.7. The van der Waals surface area contributed by atoms with Crippen LogP contribution >= 0.6 is 24.8 Å². The molecule has 0 radical (unpaired) electrons. The molecule has 2 unspecified atom stereocenters. The molecule has 0 spiro atoms. The van der Waals surface area contributed by atoms with Crippen LogP contribution in [0.25, 0.3) is 0 Å². The molecule has 0 heterocycles. The summed E-state index contributed by atoms with van der Waals surface area (Å²) >= 11 is 0. The maximum absolute atomic E-state index is 3.35. The van der Waals surface area contributed by atoms with Crippen molar-refractivity contribution in [2.24, 2.45) is 0 Å². The van der Waals surface area contributed by atoms with E-state index in [4.69, 9.17) is 0 Å². The van der Waals surface area contributed by atoms with E-state index in [2.05, 4.69) is 24.5 Å². The lowest BCUT2D eigenvalue weighted by Gasteiger charge is -2.22. The first kappa shape index (κ1) is 20.0. The van der Waals surface area contributed by atoms with Crippen molar-refractivity contribution in [3.8, 4) is 0 Å². The Bertz CT molecular complexity index is 102. The summed E-state index contributed by atoms with van der Waals surface area (Å²) in [4.78, 5) is 0. The lowest BCUT2D eigenvalue weighted by atomic mass is 10.0. The second kappa shape index (κ2) is 13.5. The van der Waals surface area contributed by atoms with Crippen molar-refractivity contribution >= 4 is 24.8 Å². The molecule has 2 N–H and O–H groups in total. The lowest BCUT2D eigenvalue weighted by Crippen LogP contribution is -2.43. The average Bonchev–Trinajstić information content (AvgIpc) is 2.11. The average molecular weight is 245 g/mol. The number of hydrogen-bond donors (Lipinski definition) is 2. The summed E-state index contributed by atoms with van der Waals surface area (Å²) in [6, 6.07) is 1.20. The van der Waals surface area contributed by atoms with Crippen LogP contribution in [0.15, 0.2) is 0 Å². The monoisotopic (exact) mass is 244 g/mol. The summed E-state index contributed by atoms with van der Waals surface area (Å²) in [5, 5.41) is 6.63. The number of rotatable bonds is 7. The van der Waals surface area contributed by atoms with Crippen molar-refractivity contribution in [1.82, 2.24) is 10.6 Å². The standard InChI is InChI=1S/C10H24N2.2ClH/c1-5-6-7-8-10(12-4)9(2)11-3;;/h9-12H,5-8H2,1-4H3;2*1H. The summed E-state index contributed by atoms with van der Waals surface area (Å²) < 4.78 is 0. The molecule has 0 aliphatic heterocycles. The Labute approximate surface area is 101 Å². The predicted molar refractivity (Wildman–Crippen MR) is 70.0 cm³/mol. The highest BCUT2D eigenvalue weighted by Crippen LogP contribution is 2.05. The van der Waals surface area contributed by atoms with Gasteiger partial charge in [-0.05, 0) is 27.4 Å². The Morgan fingerprint density at radius 3 is 1.93 bits per heavy atom. The van der Waals surface area contributed by atoms with E-state index >= 15 is 0 Å². The first-order chi connectivity index (χ1) is 5.76. The zero-order chi connectivity index (χ0) is 9.40.